The number of pyridine rings is 1. The Morgan fingerprint density at radius 2 is 1.90 bits per heavy atom. The topological polar surface area (TPSA) is 103 Å². The fourth-order valence-corrected chi connectivity index (χ4v) is 2.71. The summed E-state index contributed by atoms with van der Waals surface area (Å²) in [6.07, 6.45) is 0.216. The second-order valence-corrected chi connectivity index (χ2v) is 6.09. The minimum absolute atomic E-state index is 0.0342. The first-order valence-electron chi connectivity index (χ1n) is 6.08. The van der Waals surface area contributed by atoms with Crippen LogP contribution in [0.1, 0.15) is 11.3 Å². The Kier molecular flexibility index (Phi) is 4.10. The van der Waals surface area contributed by atoms with Gasteiger partial charge in [0.2, 0.25) is 0 Å². The van der Waals surface area contributed by atoms with E-state index in [9.17, 15) is 13.5 Å². The van der Waals surface area contributed by atoms with E-state index in [1.54, 1.807) is 25.1 Å². The Hall–Kier alpha value is -2.59. The summed E-state index contributed by atoms with van der Waals surface area (Å²) in [7, 11) is -3.84. The maximum atomic E-state index is 12.2. The van der Waals surface area contributed by atoms with Crippen LogP contribution >= 0.6 is 0 Å². The number of rotatable bonds is 4. The number of aryl methyl sites for hydroxylation is 1. The summed E-state index contributed by atoms with van der Waals surface area (Å²) in [4.78, 5) is 3.98. The predicted molar refractivity (Wildman–Crippen MR) is 77.2 cm³/mol. The molecule has 2 N–H and O–H groups in total. The Morgan fingerprint density at radius 3 is 2.52 bits per heavy atom. The van der Waals surface area contributed by atoms with Gasteiger partial charge < -0.3 is 5.11 Å². The van der Waals surface area contributed by atoms with Crippen LogP contribution in [0.2, 0.25) is 0 Å². The summed E-state index contributed by atoms with van der Waals surface area (Å²) in [5, 5.41) is 18.2. The summed E-state index contributed by atoms with van der Waals surface area (Å²) in [5.41, 5.74) is 1.31. The van der Waals surface area contributed by atoms with Crippen molar-refractivity contribution in [1.82, 2.24) is 4.98 Å². The lowest BCUT2D eigenvalue weighted by atomic mass is 10.2. The normalized spacial score (nSPS) is 10.9. The number of hydrogen-bond donors (Lipinski definition) is 2. The molecule has 0 spiro atoms. The summed E-state index contributed by atoms with van der Waals surface area (Å²) >= 11 is 0. The molecule has 0 saturated carbocycles. The molecule has 0 bridgehead atoms. The van der Waals surface area contributed by atoms with E-state index in [-0.39, 0.29) is 22.9 Å². The van der Waals surface area contributed by atoms with E-state index < -0.39 is 10.0 Å². The highest BCUT2D eigenvalue weighted by Gasteiger charge is 2.17. The zero-order valence-corrected chi connectivity index (χ0v) is 12.1. The van der Waals surface area contributed by atoms with Crippen molar-refractivity contribution in [1.29, 1.82) is 5.26 Å². The van der Waals surface area contributed by atoms with Crippen molar-refractivity contribution >= 4 is 15.8 Å². The van der Waals surface area contributed by atoms with Gasteiger partial charge in [-0.1, -0.05) is 12.1 Å². The van der Waals surface area contributed by atoms with Crippen molar-refractivity contribution < 1.29 is 13.5 Å². The molecule has 0 atom stereocenters. The van der Waals surface area contributed by atoms with Gasteiger partial charge in [-0.3, -0.25) is 4.72 Å². The molecule has 21 heavy (non-hydrogen) atoms. The molecule has 0 aliphatic heterocycles. The average Bonchev–Trinajstić information content (AvgIpc) is 2.44. The number of hydrogen-bond acceptors (Lipinski definition) is 5. The van der Waals surface area contributed by atoms with Crippen molar-refractivity contribution in [2.75, 3.05) is 4.72 Å². The van der Waals surface area contributed by atoms with Crippen LogP contribution < -0.4 is 4.72 Å². The molecule has 108 valence electrons. The first-order chi connectivity index (χ1) is 9.92. The fraction of sp³-hybridized carbons (Fsp3) is 0.143. The molecule has 2 aromatic rings. The average molecular weight is 303 g/mol. The molecule has 2 rings (SSSR count). The van der Waals surface area contributed by atoms with Gasteiger partial charge in [0.25, 0.3) is 10.0 Å². The highest BCUT2D eigenvalue weighted by atomic mass is 32.2. The molecule has 0 amide bonds. The van der Waals surface area contributed by atoms with E-state index in [0.717, 1.165) is 5.56 Å². The second-order valence-electron chi connectivity index (χ2n) is 4.40. The SMILES string of the molecule is Cc1ccc(O)c(NS(=O)(=O)c2ccc(CC#N)cc2)n1. The quantitative estimate of drug-likeness (QED) is 0.898. The van der Waals surface area contributed by atoms with Crippen LogP contribution in [0.5, 0.6) is 5.75 Å². The smallest absolute Gasteiger partial charge is 0.263 e. The van der Waals surface area contributed by atoms with Gasteiger partial charge in [-0.2, -0.15) is 5.26 Å². The fourth-order valence-electron chi connectivity index (χ4n) is 1.69. The van der Waals surface area contributed by atoms with E-state index in [1.165, 1.54) is 18.2 Å². The zero-order chi connectivity index (χ0) is 15.5. The standard InChI is InChI=1S/C14H13N3O3S/c1-10-2-7-13(18)14(16-10)17-21(19,20)12-5-3-11(4-6-12)8-9-15/h2-7,18H,8H2,1H3,(H,16,17). The van der Waals surface area contributed by atoms with Crippen molar-refractivity contribution in [3.63, 3.8) is 0 Å². The van der Waals surface area contributed by atoms with Gasteiger partial charge in [-0.15, -0.1) is 0 Å². The number of nitriles is 1. The lowest BCUT2D eigenvalue weighted by molar-refractivity contribution is 0.475. The molecule has 1 aromatic heterocycles. The predicted octanol–water partition coefficient (Wildman–Crippen LogP) is 1.96. The van der Waals surface area contributed by atoms with E-state index >= 15 is 0 Å². The molecule has 7 heteroatoms. The van der Waals surface area contributed by atoms with Crippen LogP contribution in [0.25, 0.3) is 0 Å². The molecule has 0 aliphatic carbocycles. The van der Waals surface area contributed by atoms with Crippen LogP contribution in [0.4, 0.5) is 5.82 Å². The molecule has 0 radical (unpaired) electrons. The Balaban J connectivity index is 2.30. The van der Waals surface area contributed by atoms with Gasteiger partial charge in [0, 0.05) is 5.69 Å². The van der Waals surface area contributed by atoms with E-state index in [0.29, 0.717) is 5.69 Å². The van der Waals surface area contributed by atoms with Crippen LogP contribution in [-0.4, -0.2) is 18.5 Å². The maximum Gasteiger partial charge on any atom is 0.263 e. The summed E-state index contributed by atoms with van der Waals surface area (Å²) < 4.78 is 26.7. The summed E-state index contributed by atoms with van der Waals surface area (Å²) in [6.45, 7) is 1.69. The highest BCUT2D eigenvalue weighted by molar-refractivity contribution is 7.92. The Labute approximate surface area is 122 Å². The third-order valence-electron chi connectivity index (χ3n) is 2.76. The third-order valence-corrected chi connectivity index (χ3v) is 4.12. The number of anilines is 1. The maximum absolute atomic E-state index is 12.2. The first kappa shape index (κ1) is 14.8. The van der Waals surface area contributed by atoms with Gasteiger partial charge >= 0.3 is 0 Å². The van der Waals surface area contributed by atoms with Gasteiger partial charge in [0.05, 0.1) is 17.4 Å². The van der Waals surface area contributed by atoms with Crippen molar-refractivity contribution in [3.05, 3.63) is 47.7 Å². The lowest BCUT2D eigenvalue weighted by Crippen LogP contribution is -2.14. The molecule has 1 heterocycles. The van der Waals surface area contributed by atoms with E-state index in [2.05, 4.69) is 9.71 Å². The van der Waals surface area contributed by atoms with E-state index in [4.69, 9.17) is 5.26 Å². The van der Waals surface area contributed by atoms with Gasteiger partial charge in [-0.25, -0.2) is 13.4 Å². The molecular formula is C14H13N3O3S. The third kappa shape index (κ3) is 3.49. The number of benzene rings is 1. The molecular weight excluding hydrogens is 290 g/mol. The number of aromatic nitrogens is 1. The minimum atomic E-state index is -3.84. The monoisotopic (exact) mass is 303 g/mol. The molecule has 6 nitrogen and oxygen atoms in total. The summed E-state index contributed by atoms with van der Waals surface area (Å²) in [5.74, 6) is -0.360. The van der Waals surface area contributed by atoms with Crippen LogP contribution in [-0.2, 0) is 16.4 Å². The zero-order valence-electron chi connectivity index (χ0n) is 11.2. The Morgan fingerprint density at radius 1 is 1.24 bits per heavy atom. The van der Waals surface area contributed by atoms with Crippen LogP contribution in [0, 0.1) is 18.3 Å². The van der Waals surface area contributed by atoms with Gasteiger partial charge in [-0.05, 0) is 36.8 Å². The lowest BCUT2D eigenvalue weighted by Gasteiger charge is -2.09. The summed E-state index contributed by atoms with van der Waals surface area (Å²) in [6, 6.07) is 10.9. The number of nitrogens with one attached hydrogen (secondary N) is 1. The van der Waals surface area contributed by atoms with Crippen molar-refractivity contribution in [2.24, 2.45) is 0 Å². The van der Waals surface area contributed by atoms with Gasteiger partial charge in [0.1, 0.15) is 0 Å². The number of nitrogens with zero attached hydrogens (tertiary/aromatic N) is 2. The van der Waals surface area contributed by atoms with Crippen molar-refractivity contribution in [2.45, 2.75) is 18.2 Å². The molecule has 0 saturated heterocycles. The second kappa shape index (κ2) is 5.81. The molecule has 0 fully saturated rings. The Bertz CT molecular complexity index is 793. The number of sulfonamides is 1. The molecule has 0 unspecified atom stereocenters. The highest BCUT2D eigenvalue weighted by Crippen LogP contribution is 2.23. The molecule has 1 aromatic carbocycles. The first-order valence-corrected chi connectivity index (χ1v) is 7.56. The van der Waals surface area contributed by atoms with Gasteiger partial charge in [0.15, 0.2) is 11.6 Å². The van der Waals surface area contributed by atoms with Crippen LogP contribution in [0.3, 0.4) is 0 Å². The van der Waals surface area contributed by atoms with Crippen LogP contribution in [0.15, 0.2) is 41.3 Å². The minimum Gasteiger partial charge on any atom is -0.504 e. The van der Waals surface area contributed by atoms with E-state index in [1.807, 2.05) is 6.07 Å². The number of aromatic hydroxyl groups is 1. The van der Waals surface area contributed by atoms with Crippen molar-refractivity contribution in [3.8, 4) is 11.8 Å². The molecule has 0 aliphatic rings. The largest absolute Gasteiger partial charge is 0.504 e.